The van der Waals surface area contributed by atoms with Gasteiger partial charge in [-0.3, -0.25) is 14.5 Å². The molecule has 2 aliphatic carbocycles. The van der Waals surface area contributed by atoms with Gasteiger partial charge in [-0.2, -0.15) is 0 Å². The fourth-order valence-corrected chi connectivity index (χ4v) is 4.03. The third-order valence-electron chi connectivity index (χ3n) is 5.26. The van der Waals surface area contributed by atoms with E-state index in [2.05, 4.69) is 5.32 Å². The standard InChI is InChI=1S/C16H26N2O3/c19-13-8-6-11(7-9-13)17-14-10-15(20)18(16(14)21)12-4-2-1-3-5-12/h11-14,17,19H,1-10H2. The van der Waals surface area contributed by atoms with Crippen molar-refractivity contribution in [1.29, 1.82) is 0 Å². The Labute approximate surface area is 126 Å². The lowest BCUT2D eigenvalue weighted by atomic mass is 9.92. The number of aliphatic hydroxyl groups is 1. The minimum atomic E-state index is -0.334. The van der Waals surface area contributed by atoms with E-state index in [1.54, 1.807) is 4.90 Å². The molecule has 118 valence electrons. The molecule has 0 bridgehead atoms. The molecule has 0 aromatic heterocycles. The third kappa shape index (κ3) is 3.29. The number of hydrogen-bond donors (Lipinski definition) is 2. The van der Waals surface area contributed by atoms with Gasteiger partial charge in [0, 0.05) is 12.1 Å². The summed E-state index contributed by atoms with van der Waals surface area (Å²) in [5, 5.41) is 12.9. The number of likely N-dealkylation sites (tertiary alicyclic amines) is 1. The molecule has 1 unspecified atom stereocenters. The fourth-order valence-electron chi connectivity index (χ4n) is 4.03. The Balaban J connectivity index is 1.58. The molecule has 5 nitrogen and oxygen atoms in total. The summed E-state index contributed by atoms with van der Waals surface area (Å²) >= 11 is 0. The normalized spacial score (nSPS) is 35.5. The molecule has 1 atom stereocenters. The number of rotatable bonds is 3. The lowest BCUT2D eigenvalue weighted by molar-refractivity contribution is -0.142. The molecule has 3 aliphatic rings. The average molecular weight is 294 g/mol. The van der Waals surface area contributed by atoms with Crippen LogP contribution in [0.2, 0.25) is 0 Å². The maximum Gasteiger partial charge on any atom is 0.247 e. The molecule has 21 heavy (non-hydrogen) atoms. The van der Waals surface area contributed by atoms with Gasteiger partial charge in [-0.15, -0.1) is 0 Å². The summed E-state index contributed by atoms with van der Waals surface area (Å²) in [6, 6.07) is 0.0693. The van der Waals surface area contributed by atoms with Crippen LogP contribution in [-0.4, -0.2) is 46.1 Å². The maximum absolute atomic E-state index is 12.5. The predicted molar refractivity (Wildman–Crippen MR) is 78.5 cm³/mol. The predicted octanol–water partition coefficient (Wildman–Crippen LogP) is 1.34. The third-order valence-corrected chi connectivity index (χ3v) is 5.26. The maximum atomic E-state index is 12.5. The summed E-state index contributed by atoms with van der Waals surface area (Å²) < 4.78 is 0. The zero-order valence-corrected chi connectivity index (χ0v) is 12.6. The average Bonchev–Trinajstić information content (AvgIpc) is 2.77. The summed E-state index contributed by atoms with van der Waals surface area (Å²) in [4.78, 5) is 26.3. The van der Waals surface area contributed by atoms with E-state index >= 15 is 0 Å². The Bertz CT molecular complexity index is 398. The molecule has 3 fully saturated rings. The minimum Gasteiger partial charge on any atom is -0.393 e. The second kappa shape index (κ2) is 6.44. The highest BCUT2D eigenvalue weighted by Crippen LogP contribution is 2.28. The fraction of sp³-hybridized carbons (Fsp3) is 0.875. The van der Waals surface area contributed by atoms with E-state index in [1.807, 2.05) is 0 Å². The van der Waals surface area contributed by atoms with E-state index in [-0.39, 0.29) is 36.0 Å². The largest absolute Gasteiger partial charge is 0.393 e. The molecule has 2 saturated carbocycles. The second-order valence-electron chi connectivity index (χ2n) is 6.82. The monoisotopic (exact) mass is 294 g/mol. The molecule has 1 saturated heterocycles. The van der Waals surface area contributed by atoms with Crippen LogP contribution >= 0.6 is 0 Å². The minimum absolute atomic E-state index is 0.000226. The van der Waals surface area contributed by atoms with E-state index in [1.165, 1.54) is 6.42 Å². The Morgan fingerprint density at radius 2 is 1.62 bits per heavy atom. The van der Waals surface area contributed by atoms with Crippen LogP contribution in [0.1, 0.15) is 64.2 Å². The molecule has 1 aliphatic heterocycles. The number of nitrogens with zero attached hydrogens (tertiary/aromatic N) is 1. The first-order valence-electron chi connectivity index (χ1n) is 8.45. The van der Waals surface area contributed by atoms with Gasteiger partial charge in [-0.1, -0.05) is 19.3 Å². The van der Waals surface area contributed by atoms with Gasteiger partial charge in [0.25, 0.3) is 0 Å². The van der Waals surface area contributed by atoms with Crippen molar-refractivity contribution in [3.8, 4) is 0 Å². The van der Waals surface area contributed by atoms with Gasteiger partial charge in [0.15, 0.2) is 0 Å². The lowest BCUT2D eigenvalue weighted by Gasteiger charge is -2.31. The van der Waals surface area contributed by atoms with Crippen molar-refractivity contribution in [2.45, 2.75) is 88.4 Å². The van der Waals surface area contributed by atoms with Gasteiger partial charge in [-0.25, -0.2) is 0 Å². The number of aliphatic hydroxyl groups excluding tert-OH is 1. The van der Waals surface area contributed by atoms with Gasteiger partial charge >= 0.3 is 0 Å². The van der Waals surface area contributed by atoms with Crippen molar-refractivity contribution in [2.24, 2.45) is 0 Å². The highest BCUT2D eigenvalue weighted by atomic mass is 16.3. The second-order valence-corrected chi connectivity index (χ2v) is 6.82. The van der Waals surface area contributed by atoms with Crippen molar-refractivity contribution in [3.63, 3.8) is 0 Å². The summed E-state index contributed by atoms with van der Waals surface area (Å²) in [5.74, 6) is -0.0155. The summed E-state index contributed by atoms with van der Waals surface area (Å²) in [5.41, 5.74) is 0. The molecule has 0 aromatic rings. The summed E-state index contributed by atoms with van der Waals surface area (Å²) in [7, 11) is 0. The van der Waals surface area contributed by atoms with E-state index in [9.17, 15) is 14.7 Å². The SMILES string of the molecule is O=C1CC(NC2CCC(O)CC2)C(=O)N1C1CCCCC1. The molecule has 2 N–H and O–H groups in total. The molecule has 0 radical (unpaired) electrons. The van der Waals surface area contributed by atoms with Gasteiger partial charge in [0.1, 0.15) is 0 Å². The van der Waals surface area contributed by atoms with Crippen LogP contribution in [-0.2, 0) is 9.59 Å². The first kappa shape index (κ1) is 15.0. The molecular formula is C16H26N2O3. The lowest BCUT2D eigenvalue weighted by Crippen LogP contribution is -2.48. The van der Waals surface area contributed by atoms with Gasteiger partial charge in [0.05, 0.1) is 18.6 Å². The van der Waals surface area contributed by atoms with Crippen LogP contribution in [0, 0.1) is 0 Å². The molecule has 1 heterocycles. The number of hydrogen-bond acceptors (Lipinski definition) is 4. The molecule has 2 amide bonds. The first-order chi connectivity index (χ1) is 10.1. The topological polar surface area (TPSA) is 69.6 Å². The highest BCUT2D eigenvalue weighted by Gasteiger charge is 2.43. The van der Waals surface area contributed by atoms with Crippen molar-refractivity contribution in [3.05, 3.63) is 0 Å². The van der Waals surface area contributed by atoms with Crippen molar-refractivity contribution in [2.75, 3.05) is 0 Å². The Morgan fingerprint density at radius 1 is 0.952 bits per heavy atom. The molecule has 0 spiro atoms. The van der Waals surface area contributed by atoms with Crippen molar-refractivity contribution in [1.82, 2.24) is 10.2 Å². The van der Waals surface area contributed by atoms with Crippen molar-refractivity contribution < 1.29 is 14.7 Å². The first-order valence-corrected chi connectivity index (χ1v) is 8.45. The van der Waals surface area contributed by atoms with Crippen LogP contribution in [0.5, 0.6) is 0 Å². The van der Waals surface area contributed by atoms with Crippen LogP contribution in [0.15, 0.2) is 0 Å². The Morgan fingerprint density at radius 3 is 2.29 bits per heavy atom. The van der Waals surface area contributed by atoms with Gasteiger partial charge in [-0.05, 0) is 38.5 Å². The van der Waals surface area contributed by atoms with E-state index < -0.39 is 0 Å². The quantitative estimate of drug-likeness (QED) is 0.771. The summed E-state index contributed by atoms with van der Waals surface area (Å²) in [6.07, 6.45) is 8.90. The zero-order valence-electron chi connectivity index (χ0n) is 12.6. The van der Waals surface area contributed by atoms with Gasteiger partial charge < -0.3 is 10.4 Å². The van der Waals surface area contributed by atoms with E-state index in [4.69, 9.17) is 0 Å². The van der Waals surface area contributed by atoms with Crippen LogP contribution in [0.25, 0.3) is 0 Å². The van der Waals surface area contributed by atoms with Crippen molar-refractivity contribution >= 4 is 11.8 Å². The summed E-state index contributed by atoms with van der Waals surface area (Å²) in [6.45, 7) is 0. The Hall–Kier alpha value is -0.940. The molecule has 5 heteroatoms. The highest BCUT2D eigenvalue weighted by molar-refractivity contribution is 6.05. The van der Waals surface area contributed by atoms with Crippen LogP contribution in [0.4, 0.5) is 0 Å². The number of carbonyl (C=O) groups is 2. The molecular weight excluding hydrogens is 268 g/mol. The van der Waals surface area contributed by atoms with Crippen LogP contribution in [0.3, 0.4) is 0 Å². The number of amides is 2. The molecule has 3 rings (SSSR count). The Kier molecular flexibility index (Phi) is 4.60. The molecule has 0 aromatic carbocycles. The van der Waals surface area contributed by atoms with Gasteiger partial charge in [0.2, 0.25) is 11.8 Å². The number of imide groups is 1. The number of nitrogens with one attached hydrogen (secondary N) is 1. The van der Waals surface area contributed by atoms with E-state index in [0.717, 1.165) is 51.4 Å². The van der Waals surface area contributed by atoms with Crippen LogP contribution < -0.4 is 5.32 Å². The zero-order chi connectivity index (χ0) is 14.8. The van der Waals surface area contributed by atoms with E-state index in [0.29, 0.717) is 6.42 Å². The number of carbonyl (C=O) groups excluding carboxylic acids is 2. The smallest absolute Gasteiger partial charge is 0.247 e.